The molecule has 0 bridgehead atoms. The molecular weight excluding hydrogens is 426 g/mol. The molecule has 2 aromatic rings. The number of alkyl halides is 2. The van der Waals surface area contributed by atoms with E-state index in [9.17, 15) is 13.6 Å². The van der Waals surface area contributed by atoms with Gasteiger partial charge in [-0.2, -0.15) is 0 Å². The molecule has 1 aliphatic heterocycles. The fourth-order valence-electron chi connectivity index (χ4n) is 3.56. The van der Waals surface area contributed by atoms with Gasteiger partial charge < -0.3 is 14.6 Å². The number of carboxylic acids is 1. The fraction of sp³-hybridized carbons (Fsp3) is 0.375. The smallest absolute Gasteiger partial charge is 0.303 e. The molecule has 0 aliphatic carbocycles. The largest absolute Gasteiger partial charge is 0.489 e. The van der Waals surface area contributed by atoms with E-state index < -0.39 is 11.9 Å². The first-order valence-corrected chi connectivity index (χ1v) is 10.5. The van der Waals surface area contributed by atoms with Crippen LogP contribution in [0.15, 0.2) is 53.6 Å². The zero-order valence-corrected chi connectivity index (χ0v) is 18.1. The molecule has 0 aromatic heterocycles. The summed E-state index contributed by atoms with van der Waals surface area (Å²) < 4.78 is 39.6. The second-order valence-electron chi connectivity index (χ2n) is 7.70. The molecule has 1 N–H and O–H groups in total. The molecule has 0 amide bonds. The van der Waals surface area contributed by atoms with Gasteiger partial charge in [0.05, 0.1) is 13.2 Å². The summed E-state index contributed by atoms with van der Waals surface area (Å²) in [6, 6.07) is 12.1. The first-order valence-electron chi connectivity index (χ1n) is 10.1. The molecule has 1 heterocycles. The Kier molecular flexibility index (Phi) is 7.68. The van der Waals surface area contributed by atoms with Crippen molar-refractivity contribution < 1.29 is 28.2 Å². The van der Waals surface area contributed by atoms with Gasteiger partial charge in [-0.3, -0.25) is 4.79 Å². The molecule has 0 saturated carbocycles. The third kappa shape index (κ3) is 6.77. The van der Waals surface area contributed by atoms with E-state index in [2.05, 4.69) is 0 Å². The van der Waals surface area contributed by atoms with Crippen LogP contribution in [0.5, 0.6) is 5.75 Å². The average molecular weight is 451 g/mol. The van der Waals surface area contributed by atoms with Crippen molar-refractivity contribution in [2.75, 3.05) is 19.8 Å². The number of hydrogen-bond donors (Lipinski definition) is 1. The van der Waals surface area contributed by atoms with E-state index in [-0.39, 0.29) is 25.0 Å². The maximum Gasteiger partial charge on any atom is 0.303 e. The molecule has 3 rings (SSSR count). The Hall–Kier alpha value is -2.44. The average Bonchev–Trinajstić information content (AvgIpc) is 2.73. The molecule has 0 fully saturated rings. The van der Waals surface area contributed by atoms with Crippen LogP contribution in [0.2, 0.25) is 5.02 Å². The molecule has 7 heteroatoms. The van der Waals surface area contributed by atoms with E-state index in [1.165, 1.54) is 17.7 Å². The van der Waals surface area contributed by atoms with Gasteiger partial charge in [-0.15, -0.1) is 0 Å². The van der Waals surface area contributed by atoms with Crippen molar-refractivity contribution in [1.29, 1.82) is 0 Å². The minimum atomic E-state index is -3.10. The molecule has 2 aromatic carbocycles. The van der Waals surface area contributed by atoms with Crippen molar-refractivity contribution in [3.8, 4) is 5.75 Å². The molecule has 0 radical (unpaired) electrons. The maximum atomic E-state index is 14.1. The highest BCUT2D eigenvalue weighted by Crippen LogP contribution is 2.34. The van der Waals surface area contributed by atoms with Crippen LogP contribution in [-0.4, -0.2) is 30.9 Å². The van der Waals surface area contributed by atoms with E-state index in [1.54, 1.807) is 6.07 Å². The lowest BCUT2D eigenvalue weighted by atomic mass is 9.96. The third-order valence-electron chi connectivity index (χ3n) is 5.23. The van der Waals surface area contributed by atoms with Gasteiger partial charge in [0.25, 0.3) is 5.92 Å². The third-order valence-corrected chi connectivity index (χ3v) is 5.48. The zero-order valence-electron chi connectivity index (χ0n) is 17.3. The quantitative estimate of drug-likeness (QED) is 0.490. The van der Waals surface area contributed by atoms with Crippen LogP contribution in [0.3, 0.4) is 0 Å². The zero-order chi connectivity index (χ0) is 22.4. The monoisotopic (exact) mass is 450 g/mol. The van der Waals surface area contributed by atoms with Crippen LogP contribution in [0.25, 0.3) is 0 Å². The molecule has 166 valence electrons. The van der Waals surface area contributed by atoms with Crippen LogP contribution >= 0.6 is 11.6 Å². The second kappa shape index (κ2) is 10.2. The summed E-state index contributed by atoms with van der Waals surface area (Å²) in [4.78, 5) is 10.8. The Labute approximate surface area is 185 Å². The van der Waals surface area contributed by atoms with Crippen molar-refractivity contribution in [1.82, 2.24) is 0 Å². The molecule has 1 aliphatic rings. The van der Waals surface area contributed by atoms with E-state index in [0.717, 1.165) is 30.9 Å². The number of halogens is 3. The summed E-state index contributed by atoms with van der Waals surface area (Å²) in [7, 11) is 0. The number of carbonyl (C=O) groups is 1. The van der Waals surface area contributed by atoms with E-state index in [4.69, 9.17) is 26.2 Å². The van der Waals surface area contributed by atoms with Gasteiger partial charge in [0.1, 0.15) is 12.4 Å². The Morgan fingerprint density at radius 2 is 1.94 bits per heavy atom. The SMILES string of the molecule is CC(F)(F)c1cc(OCC2=C(Cc3ccc(Cl)cc3)CCOC2)ccc1CCC(=O)O. The van der Waals surface area contributed by atoms with Crippen molar-refractivity contribution >= 4 is 17.6 Å². The van der Waals surface area contributed by atoms with Crippen LogP contribution in [0.4, 0.5) is 8.78 Å². The Morgan fingerprint density at radius 1 is 1.19 bits per heavy atom. The topological polar surface area (TPSA) is 55.8 Å². The summed E-state index contributed by atoms with van der Waals surface area (Å²) in [5.74, 6) is -3.80. The van der Waals surface area contributed by atoms with Gasteiger partial charge in [-0.05, 0) is 60.2 Å². The van der Waals surface area contributed by atoms with E-state index >= 15 is 0 Å². The highest BCUT2D eigenvalue weighted by atomic mass is 35.5. The minimum Gasteiger partial charge on any atom is -0.489 e. The predicted molar refractivity (Wildman–Crippen MR) is 115 cm³/mol. The molecule has 4 nitrogen and oxygen atoms in total. The highest BCUT2D eigenvalue weighted by molar-refractivity contribution is 6.30. The van der Waals surface area contributed by atoms with Gasteiger partial charge in [0, 0.05) is 23.9 Å². The lowest BCUT2D eigenvalue weighted by Gasteiger charge is -2.22. The first kappa shape index (κ1) is 23.2. The number of aliphatic carboxylic acids is 1. The van der Waals surface area contributed by atoms with E-state index in [1.807, 2.05) is 24.3 Å². The molecule has 31 heavy (non-hydrogen) atoms. The number of hydrogen-bond acceptors (Lipinski definition) is 3. The summed E-state index contributed by atoms with van der Waals surface area (Å²) in [6.45, 7) is 2.12. The maximum absolute atomic E-state index is 14.1. The number of rotatable bonds is 9. The normalized spacial score (nSPS) is 14.6. The van der Waals surface area contributed by atoms with Crippen molar-refractivity contribution in [2.45, 2.75) is 38.5 Å². The highest BCUT2D eigenvalue weighted by Gasteiger charge is 2.28. The minimum absolute atomic E-state index is 0.0403. The molecule has 0 unspecified atom stereocenters. The van der Waals surface area contributed by atoms with Crippen LogP contribution < -0.4 is 4.74 Å². The van der Waals surface area contributed by atoms with Gasteiger partial charge in [0.2, 0.25) is 0 Å². The lowest BCUT2D eigenvalue weighted by Crippen LogP contribution is -2.18. The molecule has 0 saturated heterocycles. The summed E-state index contributed by atoms with van der Waals surface area (Å²) in [6.07, 6.45) is 1.37. The second-order valence-corrected chi connectivity index (χ2v) is 8.14. The van der Waals surface area contributed by atoms with Crippen LogP contribution in [0.1, 0.15) is 36.5 Å². The number of benzene rings is 2. The Balaban J connectivity index is 1.75. The summed E-state index contributed by atoms with van der Waals surface area (Å²) in [5.41, 5.74) is 3.45. The van der Waals surface area contributed by atoms with Gasteiger partial charge in [0.15, 0.2) is 0 Å². The van der Waals surface area contributed by atoms with Crippen molar-refractivity contribution in [3.05, 3.63) is 75.3 Å². The number of ether oxygens (including phenoxy) is 2. The molecule has 0 atom stereocenters. The van der Waals surface area contributed by atoms with Crippen molar-refractivity contribution in [2.24, 2.45) is 0 Å². The molecule has 0 spiro atoms. The Morgan fingerprint density at radius 3 is 2.61 bits per heavy atom. The summed E-state index contributed by atoms with van der Waals surface area (Å²) >= 11 is 5.96. The first-order chi connectivity index (χ1) is 14.7. The van der Waals surface area contributed by atoms with Gasteiger partial charge in [-0.25, -0.2) is 8.78 Å². The van der Waals surface area contributed by atoms with Gasteiger partial charge in [-0.1, -0.05) is 35.4 Å². The van der Waals surface area contributed by atoms with Crippen LogP contribution in [-0.2, 0) is 28.3 Å². The Bertz CT molecular complexity index is 949. The van der Waals surface area contributed by atoms with Crippen LogP contribution in [0, 0.1) is 0 Å². The standard InChI is InChI=1S/C24H25ClF2O4/c1-24(26,27)22-13-21(8-4-17(22)5-9-23(28)29)31-15-19-14-30-11-10-18(19)12-16-2-6-20(25)7-3-16/h2-4,6-8,13H,5,9-12,14-15H2,1H3,(H,28,29). The van der Waals surface area contributed by atoms with Crippen molar-refractivity contribution in [3.63, 3.8) is 0 Å². The van der Waals surface area contributed by atoms with Gasteiger partial charge >= 0.3 is 5.97 Å². The van der Waals surface area contributed by atoms with E-state index in [0.29, 0.717) is 29.5 Å². The lowest BCUT2D eigenvalue weighted by molar-refractivity contribution is -0.137. The predicted octanol–water partition coefficient (Wildman–Crippen LogP) is 5.81. The summed E-state index contributed by atoms with van der Waals surface area (Å²) in [5, 5.41) is 9.54. The number of carboxylic acid groups (broad SMARTS) is 1. The fourth-order valence-corrected chi connectivity index (χ4v) is 3.69. The molecular formula is C24H25ClF2O4. The number of aryl methyl sites for hydroxylation is 1.